The maximum Gasteiger partial charge on any atom is 0.239 e. The highest BCUT2D eigenvalue weighted by Crippen LogP contribution is 2.24. The van der Waals surface area contributed by atoms with Crippen LogP contribution >= 0.6 is 0 Å². The summed E-state index contributed by atoms with van der Waals surface area (Å²) in [7, 11) is 1.62. The van der Waals surface area contributed by atoms with Crippen molar-refractivity contribution < 1.29 is 9.59 Å². The fourth-order valence-electron chi connectivity index (χ4n) is 2.23. The summed E-state index contributed by atoms with van der Waals surface area (Å²) in [6.07, 6.45) is 2.42. The van der Waals surface area contributed by atoms with Crippen LogP contribution in [0.2, 0.25) is 0 Å². The van der Waals surface area contributed by atoms with Gasteiger partial charge in [-0.25, -0.2) is 0 Å². The second-order valence-corrected chi connectivity index (χ2v) is 4.18. The number of nitrogens with zero attached hydrogens (tertiary/aromatic N) is 1. The summed E-state index contributed by atoms with van der Waals surface area (Å²) in [6.45, 7) is 2.25. The third kappa shape index (κ3) is 1.75. The van der Waals surface area contributed by atoms with E-state index in [4.69, 9.17) is 0 Å². The molecule has 1 N–H and O–H groups in total. The summed E-state index contributed by atoms with van der Waals surface area (Å²) >= 11 is 0. The molecule has 2 rings (SSSR count). The molecule has 0 spiro atoms. The highest BCUT2D eigenvalue weighted by atomic mass is 16.2. The summed E-state index contributed by atoms with van der Waals surface area (Å²) < 4.78 is 1.95. The Bertz CT molecular complexity index is 446. The molecule has 1 aromatic rings. The Balaban J connectivity index is 2.38. The van der Waals surface area contributed by atoms with Gasteiger partial charge in [-0.15, -0.1) is 0 Å². The number of hydrogen-bond acceptors (Lipinski definition) is 2. The summed E-state index contributed by atoms with van der Waals surface area (Å²) in [5.41, 5.74) is 2.83. The Hall–Kier alpha value is -1.58. The van der Waals surface area contributed by atoms with Gasteiger partial charge in [0.05, 0.1) is 0 Å². The number of carbonyl (C=O) groups excluding carboxylic acids is 2. The molecule has 0 saturated heterocycles. The van der Waals surface area contributed by atoms with Crippen LogP contribution in [0.25, 0.3) is 0 Å². The van der Waals surface area contributed by atoms with E-state index in [9.17, 15) is 9.59 Å². The molecule has 0 atom stereocenters. The molecular weight excluding hydrogens is 204 g/mol. The molecule has 4 nitrogen and oxygen atoms in total. The number of fused-ring (bicyclic) bond motifs is 1. The first-order chi connectivity index (χ1) is 7.63. The number of Topliss-reactive ketones (excluding diaryl/α,β-unsaturated/α-hetero) is 1. The van der Waals surface area contributed by atoms with Crippen LogP contribution in [0.3, 0.4) is 0 Å². The van der Waals surface area contributed by atoms with Gasteiger partial charge in [0.25, 0.3) is 0 Å². The molecule has 0 fully saturated rings. The molecule has 0 bridgehead atoms. The Labute approximate surface area is 94.6 Å². The Morgan fingerprint density at radius 3 is 2.94 bits per heavy atom. The maximum absolute atomic E-state index is 11.7. The number of hydrogen-bond donors (Lipinski definition) is 1. The van der Waals surface area contributed by atoms with E-state index >= 15 is 0 Å². The fraction of sp³-hybridized carbons (Fsp3) is 0.500. The van der Waals surface area contributed by atoms with Crippen molar-refractivity contribution in [3.8, 4) is 0 Å². The monoisotopic (exact) mass is 220 g/mol. The van der Waals surface area contributed by atoms with Crippen LogP contribution in [0.15, 0.2) is 6.07 Å². The van der Waals surface area contributed by atoms with Crippen molar-refractivity contribution in [1.29, 1.82) is 0 Å². The first kappa shape index (κ1) is 10.9. The van der Waals surface area contributed by atoms with E-state index in [0.717, 1.165) is 29.8 Å². The van der Waals surface area contributed by atoms with E-state index in [1.807, 2.05) is 17.6 Å². The average Bonchev–Trinajstić information content (AvgIpc) is 2.58. The van der Waals surface area contributed by atoms with Gasteiger partial charge in [0, 0.05) is 30.4 Å². The number of aromatic nitrogens is 1. The minimum absolute atomic E-state index is 0.0282. The van der Waals surface area contributed by atoms with E-state index in [1.165, 1.54) is 0 Å². The smallest absolute Gasteiger partial charge is 0.239 e. The van der Waals surface area contributed by atoms with Crippen molar-refractivity contribution in [2.75, 3.05) is 7.05 Å². The Morgan fingerprint density at radius 2 is 2.25 bits per heavy atom. The van der Waals surface area contributed by atoms with Crippen molar-refractivity contribution in [2.24, 2.45) is 0 Å². The largest absolute Gasteiger partial charge is 0.358 e. The lowest BCUT2D eigenvalue weighted by Crippen LogP contribution is -2.25. The first-order valence-corrected chi connectivity index (χ1v) is 5.56. The molecule has 0 saturated carbocycles. The second-order valence-electron chi connectivity index (χ2n) is 4.18. The third-order valence-electron chi connectivity index (χ3n) is 3.11. The molecule has 0 radical (unpaired) electrons. The zero-order valence-electron chi connectivity index (χ0n) is 9.67. The molecule has 0 unspecified atom stereocenters. The minimum atomic E-state index is -0.0282. The van der Waals surface area contributed by atoms with E-state index in [-0.39, 0.29) is 11.7 Å². The van der Waals surface area contributed by atoms with E-state index < -0.39 is 0 Å². The van der Waals surface area contributed by atoms with Crippen molar-refractivity contribution >= 4 is 11.7 Å². The third-order valence-corrected chi connectivity index (χ3v) is 3.11. The van der Waals surface area contributed by atoms with Crippen LogP contribution in [0.5, 0.6) is 0 Å². The molecule has 1 heterocycles. The van der Waals surface area contributed by atoms with Crippen LogP contribution in [0.1, 0.15) is 34.6 Å². The highest BCUT2D eigenvalue weighted by Gasteiger charge is 2.23. The van der Waals surface area contributed by atoms with Crippen molar-refractivity contribution in [3.05, 3.63) is 23.0 Å². The average molecular weight is 220 g/mol. The van der Waals surface area contributed by atoms with Gasteiger partial charge in [0.2, 0.25) is 5.91 Å². The molecule has 0 aliphatic heterocycles. The summed E-state index contributed by atoms with van der Waals surface area (Å²) in [4.78, 5) is 23.1. The predicted molar refractivity (Wildman–Crippen MR) is 60.5 cm³/mol. The Morgan fingerprint density at radius 1 is 1.50 bits per heavy atom. The number of nitrogens with one attached hydrogen (secondary N) is 1. The number of rotatable bonds is 2. The van der Waals surface area contributed by atoms with Crippen LogP contribution in [0, 0.1) is 6.92 Å². The van der Waals surface area contributed by atoms with Gasteiger partial charge < -0.3 is 9.88 Å². The van der Waals surface area contributed by atoms with Gasteiger partial charge in [-0.1, -0.05) is 0 Å². The first-order valence-electron chi connectivity index (χ1n) is 5.56. The summed E-state index contributed by atoms with van der Waals surface area (Å²) in [5.74, 6) is 0.180. The van der Waals surface area contributed by atoms with Crippen molar-refractivity contribution in [1.82, 2.24) is 9.88 Å². The van der Waals surface area contributed by atoms with Gasteiger partial charge in [-0.05, 0) is 25.8 Å². The quantitative estimate of drug-likeness (QED) is 0.810. The van der Waals surface area contributed by atoms with Crippen LogP contribution in [-0.2, 0) is 17.8 Å². The lowest BCUT2D eigenvalue weighted by atomic mass is 9.97. The van der Waals surface area contributed by atoms with E-state index in [2.05, 4.69) is 5.32 Å². The molecule has 86 valence electrons. The number of likely N-dealkylation sites (N-methyl/N-ethyl adjacent to an activating group) is 1. The van der Waals surface area contributed by atoms with Crippen LogP contribution < -0.4 is 5.32 Å². The van der Waals surface area contributed by atoms with Crippen LogP contribution in [0.4, 0.5) is 0 Å². The fourth-order valence-corrected chi connectivity index (χ4v) is 2.23. The lowest BCUT2D eigenvalue weighted by molar-refractivity contribution is -0.121. The van der Waals surface area contributed by atoms with Crippen LogP contribution in [-0.4, -0.2) is 23.3 Å². The zero-order valence-corrected chi connectivity index (χ0v) is 9.67. The summed E-state index contributed by atoms with van der Waals surface area (Å²) in [6, 6.07) is 1.90. The molecule has 16 heavy (non-hydrogen) atoms. The number of amides is 1. The molecule has 1 aromatic heterocycles. The standard InChI is InChI=1S/C12H16N2O2/c1-8-6-9-10(4-3-5-11(9)15)14(8)7-12(16)13-2/h6H,3-5,7H2,1-2H3,(H,13,16). The molecule has 4 heteroatoms. The predicted octanol–water partition coefficient (Wildman–Crippen LogP) is 1.06. The lowest BCUT2D eigenvalue weighted by Gasteiger charge is -2.15. The van der Waals surface area contributed by atoms with Gasteiger partial charge in [-0.2, -0.15) is 0 Å². The maximum atomic E-state index is 11.7. The van der Waals surface area contributed by atoms with Gasteiger partial charge in [0.15, 0.2) is 5.78 Å². The SMILES string of the molecule is CNC(=O)Cn1c(C)cc2c1CCCC2=O. The Kier molecular flexibility index (Phi) is 2.81. The summed E-state index contributed by atoms with van der Waals surface area (Å²) in [5, 5.41) is 2.60. The highest BCUT2D eigenvalue weighted by molar-refractivity contribution is 5.98. The van der Waals surface area contributed by atoms with Gasteiger partial charge in [-0.3, -0.25) is 9.59 Å². The zero-order chi connectivity index (χ0) is 11.7. The molecule has 0 aromatic carbocycles. The molecule has 1 amide bonds. The number of carbonyl (C=O) groups is 2. The second kappa shape index (κ2) is 4.12. The van der Waals surface area contributed by atoms with Gasteiger partial charge >= 0.3 is 0 Å². The molecule has 1 aliphatic rings. The number of aryl methyl sites for hydroxylation is 1. The number of ketones is 1. The van der Waals surface area contributed by atoms with Crippen molar-refractivity contribution in [2.45, 2.75) is 32.7 Å². The van der Waals surface area contributed by atoms with Crippen molar-refractivity contribution in [3.63, 3.8) is 0 Å². The topological polar surface area (TPSA) is 51.1 Å². The van der Waals surface area contributed by atoms with E-state index in [1.54, 1.807) is 7.05 Å². The minimum Gasteiger partial charge on any atom is -0.358 e. The van der Waals surface area contributed by atoms with Gasteiger partial charge in [0.1, 0.15) is 6.54 Å². The normalized spacial score (nSPS) is 14.8. The molecular formula is C12H16N2O2. The van der Waals surface area contributed by atoms with E-state index in [0.29, 0.717) is 13.0 Å². The molecule has 1 aliphatic carbocycles.